The van der Waals surface area contributed by atoms with Crippen LogP contribution >= 0.6 is 23.2 Å². The molecule has 2 aromatic heterocycles. The highest BCUT2D eigenvalue weighted by Gasteiger charge is 2.45. The van der Waals surface area contributed by atoms with Crippen LogP contribution in [0.25, 0.3) is 5.69 Å². The molecule has 5 aromatic rings. The van der Waals surface area contributed by atoms with Gasteiger partial charge in [-0.2, -0.15) is 10.2 Å². The molecule has 4 atom stereocenters. The monoisotopic (exact) mass is 736 g/mol. The summed E-state index contributed by atoms with van der Waals surface area (Å²) in [5.41, 5.74) is 2.78. The summed E-state index contributed by atoms with van der Waals surface area (Å²) in [5, 5.41) is 9.38. The lowest BCUT2D eigenvalue weighted by Gasteiger charge is -2.42. The molecule has 0 aliphatic carbocycles. The Morgan fingerprint density at radius 2 is 1.84 bits per heavy atom. The highest BCUT2D eigenvalue weighted by Crippen LogP contribution is 2.40. The maximum Gasteiger partial charge on any atom is 0.350 e. The van der Waals surface area contributed by atoms with Gasteiger partial charge < -0.3 is 24.0 Å². The van der Waals surface area contributed by atoms with Crippen LogP contribution in [0.4, 0.5) is 15.8 Å². The molecule has 3 aromatic carbocycles. The lowest BCUT2D eigenvalue weighted by Crippen LogP contribution is -2.52. The van der Waals surface area contributed by atoms with E-state index in [1.54, 1.807) is 52.2 Å². The van der Waals surface area contributed by atoms with Crippen LogP contribution < -0.4 is 20.2 Å². The van der Waals surface area contributed by atoms with Crippen LogP contribution in [-0.2, 0) is 21.8 Å². The van der Waals surface area contributed by atoms with E-state index in [0.29, 0.717) is 46.7 Å². The molecular weight excluding hydrogens is 698 g/mol. The molecule has 0 spiro atoms. The second-order valence-corrected chi connectivity index (χ2v) is 13.8. The predicted octanol–water partition coefficient (Wildman–Crippen LogP) is 6.10. The Hall–Kier alpha value is -4.43. The van der Waals surface area contributed by atoms with E-state index in [0.717, 1.165) is 17.8 Å². The lowest BCUT2D eigenvalue weighted by atomic mass is 10.1. The van der Waals surface area contributed by atoms with Gasteiger partial charge in [0.1, 0.15) is 49.8 Å². The molecule has 0 saturated carbocycles. The Morgan fingerprint density at radius 1 is 1.04 bits per heavy atom. The number of nitrogens with zero attached hydrogens (tertiary/aromatic N) is 8. The fourth-order valence-corrected chi connectivity index (χ4v) is 7.18. The van der Waals surface area contributed by atoms with Crippen molar-refractivity contribution in [1.29, 1.82) is 0 Å². The highest BCUT2D eigenvalue weighted by molar-refractivity contribution is 6.35. The molecular formula is C36H39Cl2FN8O4. The molecule has 4 heterocycles. The topological polar surface area (TPSA) is 105 Å². The van der Waals surface area contributed by atoms with Gasteiger partial charge in [0.15, 0.2) is 0 Å². The molecule has 0 radical (unpaired) electrons. The normalized spacial score (nSPS) is 21.3. The fraction of sp³-hybridized carbons (Fsp3) is 0.389. The van der Waals surface area contributed by atoms with Crippen molar-refractivity contribution >= 4 is 34.6 Å². The number of aromatic nitrogens is 6. The highest BCUT2D eigenvalue weighted by atomic mass is 35.5. The fourth-order valence-electron chi connectivity index (χ4n) is 6.62. The third-order valence-corrected chi connectivity index (χ3v) is 10.1. The first kappa shape index (κ1) is 35.0. The van der Waals surface area contributed by atoms with E-state index in [2.05, 4.69) is 31.9 Å². The van der Waals surface area contributed by atoms with Crippen molar-refractivity contribution in [2.75, 3.05) is 42.6 Å². The average molecular weight is 738 g/mol. The Labute approximate surface area is 304 Å². The molecule has 268 valence electrons. The summed E-state index contributed by atoms with van der Waals surface area (Å²) in [7, 11) is 0. The van der Waals surface area contributed by atoms with Gasteiger partial charge in [0.25, 0.3) is 0 Å². The molecule has 0 bridgehead atoms. The van der Waals surface area contributed by atoms with Gasteiger partial charge in [-0.3, -0.25) is 0 Å². The first-order valence-corrected chi connectivity index (χ1v) is 17.7. The molecule has 15 heteroatoms. The van der Waals surface area contributed by atoms with Crippen LogP contribution in [0.5, 0.6) is 5.75 Å². The maximum absolute atomic E-state index is 15.6. The molecule has 2 fully saturated rings. The third-order valence-electron chi connectivity index (χ3n) is 9.52. The second kappa shape index (κ2) is 14.7. The smallest absolute Gasteiger partial charge is 0.350 e. The van der Waals surface area contributed by atoms with Gasteiger partial charge >= 0.3 is 5.69 Å². The zero-order valence-corrected chi connectivity index (χ0v) is 30.0. The molecule has 7 rings (SSSR count). The molecule has 2 aliphatic rings. The lowest BCUT2D eigenvalue weighted by molar-refractivity contribution is -0.190. The molecule has 0 amide bonds. The Bertz CT molecular complexity index is 2020. The number of anilines is 2. The van der Waals surface area contributed by atoms with Gasteiger partial charge in [-0.1, -0.05) is 36.2 Å². The van der Waals surface area contributed by atoms with Crippen LogP contribution in [0.1, 0.15) is 38.8 Å². The van der Waals surface area contributed by atoms with Crippen molar-refractivity contribution in [3.63, 3.8) is 0 Å². The summed E-state index contributed by atoms with van der Waals surface area (Å²) in [5.74, 6) is -1.22. The van der Waals surface area contributed by atoms with Gasteiger partial charge in [0.05, 0.1) is 29.0 Å². The average Bonchev–Trinajstić information content (AvgIpc) is 3.88. The minimum absolute atomic E-state index is 0.0333. The predicted molar refractivity (Wildman–Crippen MR) is 193 cm³/mol. The standard InChI is InChI=1S/C36H39Cl2FN8O4/c1-4-24(2)47-35(48)46(23-42-47)28-8-6-27(7-9-28)43-13-14-45(25(3)17-43)34-12-10-29(16-33(34)39)49-18-30-19-50-36(51-30,20-44-22-40-21-41-44)31-11-5-26(37)15-32(31)38/h5-12,15-16,21-25,30H,4,13-14,17-20H2,1-3H3. The number of piperazine rings is 1. The van der Waals surface area contributed by atoms with E-state index < -0.39 is 11.9 Å². The minimum Gasteiger partial charge on any atom is -0.491 e. The van der Waals surface area contributed by atoms with Crippen LogP contribution in [0.2, 0.25) is 10.0 Å². The summed E-state index contributed by atoms with van der Waals surface area (Å²) in [6.07, 6.45) is 4.93. The number of halogens is 3. The minimum atomic E-state index is -1.24. The van der Waals surface area contributed by atoms with Crippen molar-refractivity contribution in [3.8, 4) is 11.4 Å². The first-order chi connectivity index (χ1) is 24.6. The Balaban J connectivity index is 0.968. The van der Waals surface area contributed by atoms with E-state index in [9.17, 15) is 4.79 Å². The molecule has 2 saturated heterocycles. The van der Waals surface area contributed by atoms with Crippen LogP contribution in [0.3, 0.4) is 0 Å². The van der Waals surface area contributed by atoms with Gasteiger partial charge in [0, 0.05) is 48.0 Å². The van der Waals surface area contributed by atoms with E-state index in [1.807, 2.05) is 38.1 Å². The van der Waals surface area contributed by atoms with E-state index >= 15 is 4.39 Å². The van der Waals surface area contributed by atoms with E-state index in [-0.39, 0.29) is 43.3 Å². The molecule has 51 heavy (non-hydrogen) atoms. The SMILES string of the molecule is CCC(C)n1ncn(-c2ccc(N3CCN(c4ccc(OCC5COC(Cn6cncn6)(c6ccc(Cl)cc6Cl)O5)cc4F)C(C)C3)cc2)c1=O. The van der Waals surface area contributed by atoms with Crippen LogP contribution in [0, 0.1) is 5.82 Å². The van der Waals surface area contributed by atoms with E-state index in [1.165, 1.54) is 17.1 Å². The molecule has 2 aliphatic heterocycles. The Morgan fingerprint density at radius 3 is 2.55 bits per heavy atom. The zero-order chi connectivity index (χ0) is 35.7. The van der Waals surface area contributed by atoms with E-state index in [4.69, 9.17) is 37.4 Å². The van der Waals surface area contributed by atoms with Gasteiger partial charge in [-0.25, -0.2) is 28.1 Å². The summed E-state index contributed by atoms with van der Waals surface area (Å²) in [6, 6.07) is 18.0. The summed E-state index contributed by atoms with van der Waals surface area (Å²) in [6.45, 7) is 8.70. The Kier molecular flexibility index (Phi) is 10.1. The second-order valence-electron chi connectivity index (χ2n) is 12.9. The van der Waals surface area contributed by atoms with Gasteiger partial charge in [-0.05, 0) is 68.8 Å². The maximum atomic E-state index is 15.6. The quantitative estimate of drug-likeness (QED) is 0.159. The molecule has 12 nitrogen and oxygen atoms in total. The number of hydrogen-bond acceptors (Lipinski definition) is 9. The van der Waals surface area contributed by atoms with Crippen molar-refractivity contribution in [2.45, 2.75) is 57.7 Å². The van der Waals surface area contributed by atoms with Crippen molar-refractivity contribution in [1.82, 2.24) is 29.1 Å². The first-order valence-electron chi connectivity index (χ1n) is 16.9. The third kappa shape index (κ3) is 7.21. The summed E-state index contributed by atoms with van der Waals surface area (Å²) < 4.78 is 38.9. The van der Waals surface area contributed by atoms with Crippen molar-refractivity contribution in [3.05, 3.63) is 112 Å². The van der Waals surface area contributed by atoms with Crippen LogP contribution in [-0.4, -0.2) is 74.1 Å². The number of ether oxygens (including phenoxy) is 3. The van der Waals surface area contributed by atoms with Crippen molar-refractivity contribution in [2.24, 2.45) is 0 Å². The summed E-state index contributed by atoms with van der Waals surface area (Å²) in [4.78, 5) is 21.2. The van der Waals surface area contributed by atoms with Crippen molar-refractivity contribution < 1.29 is 18.6 Å². The van der Waals surface area contributed by atoms with Gasteiger partial charge in [0.2, 0.25) is 5.79 Å². The molecule has 0 N–H and O–H groups in total. The van der Waals surface area contributed by atoms with Crippen LogP contribution in [0.15, 0.2) is 84.4 Å². The zero-order valence-electron chi connectivity index (χ0n) is 28.5. The summed E-state index contributed by atoms with van der Waals surface area (Å²) >= 11 is 12.7. The van der Waals surface area contributed by atoms with Gasteiger partial charge in [-0.15, -0.1) is 0 Å². The number of benzene rings is 3. The number of rotatable bonds is 11. The number of hydrogen-bond donors (Lipinski definition) is 0. The molecule has 4 unspecified atom stereocenters. The largest absolute Gasteiger partial charge is 0.491 e.